The normalized spacial score (nSPS) is 10.6. The molecule has 1 N–H and O–H groups in total. The van der Waals surface area contributed by atoms with Crippen molar-refractivity contribution in [2.45, 2.75) is 13.0 Å². The van der Waals surface area contributed by atoms with Gasteiger partial charge in [0.05, 0.1) is 6.54 Å². The van der Waals surface area contributed by atoms with Gasteiger partial charge in [-0.15, -0.1) is 0 Å². The molecular weight excluding hydrogens is 341 g/mol. The number of rotatable bonds is 6. The maximum Gasteiger partial charge on any atom is 0.251 e. The Morgan fingerprint density at radius 2 is 2.04 bits per heavy atom. The van der Waals surface area contributed by atoms with Crippen LogP contribution in [0.15, 0.2) is 60.9 Å². The number of aromatic nitrogens is 2. The molecule has 0 aliphatic rings. The summed E-state index contributed by atoms with van der Waals surface area (Å²) in [6, 6.07) is 13.8. The van der Waals surface area contributed by atoms with Gasteiger partial charge in [0.2, 0.25) is 0 Å². The molecule has 0 aliphatic heterocycles. The van der Waals surface area contributed by atoms with Crippen molar-refractivity contribution < 1.29 is 9.18 Å². The number of hydrogen-bond acceptors (Lipinski definition) is 2. The molecule has 0 bridgehead atoms. The Bertz CT molecular complexity index is 845. The molecule has 3 rings (SSSR count). The quantitative estimate of drug-likeness (QED) is 0.731. The molecule has 1 heterocycles. The Hall–Kier alpha value is -2.66. The fourth-order valence-corrected chi connectivity index (χ4v) is 2.82. The summed E-state index contributed by atoms with van der Waals surface area (Å²) in [6.45, 7) is 0.905. The van der Waals surface area contributed by atoms with Crippen LogP contribution in [0.2, 0.25) is 5.02 Å². The molecule has 6 heteroatoms. The SMILES string of the molecule is O=C(NCCc1c(F)cccc1Cl)c1cccc(Cn2cccn2)c1. The van der Waals surface area contributed by atoms with Crippen LogP contribution < -0.4 is 5.32 Å². The second-order valence-corrected chi connectivity index (χ2v) is 6.02. The zero-order chi connectivity index (χ0) is 17.6. The second kappa shape index (κ2) is 7.94. The van der Waals surface area contributed by atoms with Crippen LogP contribution in [0.25, 0.3) is 0 Å². The minimum Gasteiger partial charge on any atom is -0.352 e. The fraction of sp³-hybridized carbons (Fsp3) is 0.158. The Balaban J connectivity index is 1.60. The standard InChI is InChI=1S/C19H17ClFN3O/c20-17-6-2-7-18(21)16(17)8-10-22-19(25)15-5-1-4-14(12-15)13-24-11-3-9-23-24/h1-7,9,11-12H,8,10,13H2,(H,22,25). The lowest BCUT2D eigenvalue weighted by Crippen LogP contribution is -2.26. The van der Waals surface area contributed by atoms with Crippen LogP contribution >= 0.6 is 11.6 Å². The predicted octanol–water partition coefficient (Wildman–Crippen LogP) is 3.70. The first-order chi connectivity index (χ1) is 12.1. The molecule has 25 heavy (non-hydrogen) atoms. The molecule has 0 atom stereocenters. The van der Waals surface area contributed by atoms with Crippen molar-refractivity contribution in [3.63, 3.8) is 0 Å². The van der Waals surface area contributed by atoms with Crippen molar-refractivity contribution in [3.05, 3.63) is 88.5 Å². The molecule has 0 spiro atoms. The molecule has 3 aromatic rings. The Kier molecular flexibility index (Phi) is 5.46. The van der Waals surface area contributed by atoms with E-state index in [1.807, 2.05) is 30.5 Å². The average Bonchev–Trinajstić information content (AvgIpc) is 3.10. The molecule has 0 aliphatic carbocycles. The molecule has 128 valence electrons. The summed E-state index contributed by atoms with van der Waals surface area (Å²) in [6.07, 6.45) is 3.92. The summed E-state index contributed by atoms with van der Waals surface area (Å²) in [5.74, 6) is -0.558. The highest BCUT2D eigenvalue weighted by Gasteiger charge is 2.09. The average molecular weight is 358 g/mol. The van der Waals surface area contributed by atoms with Gasteiger partial charge in [0, 0.05) is 35.1 Å². The maximum atomic E-state index is 13.7. The Morgan fingerprint density at radius 3 is 2.80 bits per heavy atom. The van der Waals surface area contributed by atoms with Gasteiger partial charge in [0.15, 0.2) is 0 Å². The summed E-state index contributed by atoms with van der Waals surface area (Å²) < 4.78 is 15.5. The Morgan fingerprint density at radius 1 is 1.20 bits per heavy atom. The van der Waals surface area contributed by atoms with Gasteiger partial charge in [0.25, 0.3) is 5.91 Å². The van der Waals surface area contributed by atoms with E-state index >= 15 is 0 Å². The third-order valence-corrected chi connectivity index (χ3v) is 4.17. The van der Waals surface area contributed by atoms with Gasteiger partial charge in [-0.05, 0) is 42.3 Å². The van der Waals surface area contributed by atoms with Crippen LogP contribution in [0.3, 0.4) is 0 Å². The molecule has 1 amide bonds. The second-order valence-electron chi connectivity index (χ2n) is 5.61. The number of nitrogens with zero attached hydrogens (tertiary/aromatic N) is 2. The zero-order valence-electron chi connectivity index (χ0n) is 13.5. The van der Waals surface area contributed by atoms with Gasteiger partial charge in [-0.2, -0.15) is 5.10 Å². The van der Waals surface area contributed by atoms with E-state index in [-0.39, 0.29) is 11.7 Å². The zero-order valence-corrected chi connectivity index (χ0v) is 14.2. The lowest BCUT2D eigenvalue weighted by Gasteiger charge is -2.09. The number of carbonyl (C=O) groups is 1. The molecule has 0 saturated carbocycles. The van der Waals surface area contributed by atoms with E-state index in [0.717, 1.165) is 5.56 Å². The van der Waals surface area contributed by atoms with Crippen molar-refractivity contribution in [3.8, 4) is 0 Å². The third kappa shape index (κ3) is 4.45. The van der Waals surface area contributed by atoms with Crippen LogP contribution in [0.5, 0.6) is 0 Å². The maximum absolute atomic E-state index is 13.7. The van der Waals surface area contributed by atoms with E-state index < -0.39 is 0 Å². The molecule has 4 nitrogen and oxygen atoms in total. The summed E-state index contributed by atoms with van der Waals surface area (Å²) in [4.78, 5) is 12.3. The third-order valence-electron chi connectivity index (χ3n) is 3.82. The van der Waals surface area contributed by atoms with Gasteiger partial charge in [0.1, 0.15) is 5.82 Å². The summed E-state index contributed by atoms with van der Waals surface area (Å²) in [5, 5.41) is 7.33. The van der Waals surface area contributed by atoms with E-state index in [9.17, 15) is 9.18 Å². The number of carbonyl (C=O) groups excluding carboxylic acids is 1. The van der Waals surface area contributed by atoms with Crippen LogP contribution in [-0.4, -0.2) is 22.2 Å². The van der Waals surface area contributed by atoms with Crippen molar-refractivity contribution in [2.24, 2.45) is 0 Å². The van der Waals surface area contributed by atoms with Crippen molar-refractivity contribution in [1.29, 1.82) is 0 Å². The minimum atomic E-state index is -0.358. The van der Waals surface area contributed by atoms with Crippen molar-refractivity contribution in [1.82, 2.24) is 15.1 Å². The fourth-order valence-electron chi connectivity index (χ4n) is 2.57. The van der Waals surface area contributed by atoms with E-state index in [2.05, 4.69) is 10.4 Å². The lowest BCUT2D eigenvalue weighted by atomic mass is 10.1. The molecule has 1 aromatic heterocycles. The van der Waals surface area contributed by atoms with Gasteiger partial charge in [-0.1, -0.05) is 29.8 Å². The van der Waals surface area contributed by atoms with Crippen LogP contribution in [-0.2, 0) is 13.0 Å². The molecule has 2 aromatic carbocycles. The van der Waals surface area contributed by atoms with Crippen LogP contribution in [0.4, 0.5) is 4.39 Å². The summed E-state index contributed by atoms with van der Waals surface area (Å²) in [5.41, 5.74) is 1.95. The number of hydrogen-bond donors (Lipinski definition) is 1. The summed E-state index contributed by atoms with van der Waals surface area (Å²) >= 11 is 5.99. The van der Waals surface area contributed by atoms with Crippen molar-refractivity contribution in [2.75, 3.05) is 6.54 Å². The monoisotopic (exact) mass is 357 g/mol. The molecule has 0 unspecified atom stereocenters. The highest BCUT2D eigenvalue weighted by atomic mass is 35.5. The lowest BCUT2D eigenvalue weighted by molar-refractivity contribution is 0.0954. The van der Waals surface area contributed by atoms with Gasteiger partial charge in [-0.25, -0.2) is 4.39 Å². The first kappa shape index (κ1) is 17.2. The van der Waals surface area contributed by atoms with Crippen LogP contribution in [0, 0.1) is 5.82 Å². The molecule has 0 saturated heterocycles. The van der Waals surface area contributed by atoms with Crippen molar-refractivity contribution >= 4 is 17.5 Å². The highest BCUT2D eigenvalue weighted by molar-refractivity contribution is 6.31. The van der Waals surface area contributed by atoms with E-state index in [4.69, 9.17) is 11.6 Å². The number of halogens is 2. The number of benzene rings is 2. The van der Waals surface area contributed by atoms with Gasteiger partial charge in [-0.3, -0.25) is 9.48 Å². The Labute approximate surface area is 150 Å². The first-order valence-electron chi connectivity index (χ1n) is 7.91. The van der Waals surface area contributed by atoms with E-state index in [0.29, 0.717) is 35.7 Å². The highest BCUT2D eigenvalue weighted by Crippen LogP contribution is 2.19. The van der Waals surface area contributed by atoms with E-state index in [1.54, 1.807) is 29.1 Å². The number of amides is 1. The number of nitrogens with one attached hydrogen (secondary N) is 1. The van der Waals surface area contributed by atoms with E-state index in [1.165, 1.54) is 6.07 Å². The van der Waals surface area contributed by atoms with Crippen LogP contribution in [0.1, 0.15) is 21.5 Å². The molecule has 0 fully saturated rings. The molecular formula is C19H17ClFN3O. The van der Waals surface area contributed by atoms with Gasteiger partial charge >= 0.3 is 0 Å². The smallest absolute Gasteiger partial charge is 0.251 e. The van der Waals surface area contributed by atoms with Gasteiger partial charge < -0.3 is 5.32 Å². The minimum absolute atomic E-state index is 0.199. The largest absolute Gasteiger partial charge is 0.352 e. The first-order valence-corrected chi connectivity index (χ1v) is 8.29. The summed E-state index contributed by atoms with van der Waals surface area (Å²) in [7, 11) is 0. The predicted molar refractivity (Wildman–Crippen MR) is 95.2 cm³/mol. The topological polar surface area (TPSA) is 46.9 Å². The molecule has 0 radical (unpaired) electrons.